The van der Waals surface area contributed by atoms with Crippen molar-refractivity contribution in [3.63, 3.8) is 0 Å². The van der Waals surface area contributed by atoms with Crippen molar-refractivity contribution in [2.24, 2.45) is 0 Å². The summed E-state index contributed by atoms with van der Waals surface area (Å²) in [7, 11) is 1.52. The second-order valence-corrected chi connectivity index (χ2v) is 7.75. The lowest BCUT2D eigenvalue weighted by atomic mass is 10.1. The molecule has 0 radical (unpaired) electrons. The van der Waals surface area contributed by atoms with E-state index in [4.69, 9.17) is 36.8 Å². The van der Waals surface area contributed by atoms with E-state index in [1.807, 2.05) is 0 Å². The first kappa shape index (κ1) is 22.7. The minimum Gasteiger partial charge on any atom is -0.495 e. The number of amides is 1. The lowest BCUT2D eigenvalue weighted by Gasteiger charge is -2.10. The number of carbonyl (C=O) groups excluding carboxylic acids is 1. The molecule has 0 saturated heterocycles. The van der Waals surface area contributed by atoms with Crippen molar-refractivity contribution in [2.75, 3.05) is 12.4 Å². The number of hydrogen-bond donors (Lipinski definition) is 2. The summed E-state index contributed by atoms with van der Waals surface area (Å²) in [6.45, 7) is -0.192. The van der Waals surface area contributed by atoms with Crippen molar-refractivity contribution in [3.05, 3.63) is 88.3 Å². The highest BCUT2D eigenvalue weighted by molar-refractivity contribution is 6.43. The van der Waals surface area contributed by atoms with Gasteiger partial charge < -0.3 is 24.0 Å². The van der Waals surface area contributed by atoms with E-state index in [1.54, 1.807) is 66.7 Å². The molecule has 0 fully saturated rings. The number of hydrogen-bond acceptors (Lipinski definition) is 5. The zero-order chi connectivity index (χ0) is 23.4. The highest BCUT2D eigenvalue weighted by atomic mass is 35.5. The molecule has 0 aliphatic rings. The summed E-state index contributed by atoms with van der Waals surface area (Å²) in [5.41, 5.74) is 1.86. The van der Waals surface area contributed by atoms with E-state index in [0.29, 0.717) is 50.1 Å². The summed E-state index contributed by atoms with van der Waals surface area (Å²) in [6.07, 6.45) is 2.90. The number of benzene rings is 2. The SMILES string of the molecule is COc1ccc(-c2ccc(CO)o2)cc1NC(=O)/C=C/c1ccc(-c2cccc(Cl)c2Cl)o1. The van der Waals surface area contributed by atoms with Crippen molar-refractivity contribution < 1.29 is 23.5 Å². The largest absolute Gasteiger partial charge is 0.495 e. The number of aliphatic hydroxyl groups excluding tert-OH is 1. The van der Waals surface area contributed by atoms with E-state index in [1.165, 1.54) is 13.2 Å². The van der Waals surface area contributed by atoms with Crippen LogP contribution in [-0.4, -0.2) is 18.1 Å². The quantitative estimate of drug-likeness (QED) is 0.287. The summed E-state index contributed by atoms with van der Waals surface area (Å²) in [4.78, 5) is 12.5. The summed E-state index contributed by atoms with van der Waals surface area (Å²) in [5, 5.41) is 12.8. The average Bonchev–Trinajstić information content (AvgIpc) is 3.49. The predicted octanol–water partition coefficient (Wildman–Crippen LogP) is 6.67. The highest BCUT2D eigenvalue weighted by Gasteiger charge is 2.12. The molecular weight excluding hydrogens is 465 g/mol. The maximum absolute atomic E-state index is 12.5. The fourth-order valence-corrected chi connectivity index (χ4v) is 3.58. The number of nitrogens with one attached hydrogen (secondary N) is 1. The second-order valence-electron chi connectivity index (χ2n) is 6.97. The molecule has 0 bridgehead atoms. The van der Waals surface area contributed by atoms with Crippen LogP contribution in [0.1, 0.15) is 11.5 Å². The Morgan fingerprint density at radius 3 is 2.64 bits per heavy atom. The molecule has 33 heavy (non-hydrogen) atoms. The smallest absolute Gasteiger partial charge is 0.248 e. The minimum absolute atomic E-state index is 0.192. The zero-order valence-corrected chi connectivity index (χ0v) is 19.0. The van der Waals surface area contributed by atoms with E-state index in [9.17, 15) is 9.90 Å². The molecule has 4 rings (SSSR count). The summed E-state index contributed by atoms with van der Waals surface area (Å²) >= 11 is 12.3. The molecule has 2 aromatic heterocycles. The van der Waals surface area contributed by atoms with Gasteiger partial charge in [-0.3, -0.25) is 4.79 Å². The highest BCUT2D eigenvalue weighted by Crippen LogP contribution is 2.35. The topological polar surface area (TPSA) is 84.8 Å². The van der Waals surface area contributed by atoms with Crippen LogP contribution in [0.2, 0.25) is 10.0 Å². The summed E-state index contributed by atoms with van der Waals surface area (Å²) in [6, 6.07) is 17.5. The molecule has 8 heteroatoms. The molecule has 1 amide bonds. The Balaban J connectivity index is 1.50. The van der Waals surface area contributed by atoms with E-state index >= 15 is 0 Å². The molecule has 168 valence electrons. The molecule has 2 aromatic carbocycles. The van der Waals surface area contributed by atoms with Gasteiger partial charge in [-0.2, -0.15) is 0 Å². The second kappa shape index (κ2) is 10.0. The van der Waals surface area contributed by atoms with Crippen LogP contribution < -0.4 is 10.1 Å². The van der Waals surface area contributed by atoms with Crippen LogP contribution in [0.3, 0.4) is 0 Å². The van der Waals surface area contributed by atoms with Gasteiger partial charge in [0.15, 0.2) is 0 Å². The summed E-state index contributed by atoms with van der Waals surface area (Å²) in [5.74, 6) is 2.15. The molecular formula is C25H19Cl2NO5. The normalized spacial score (nSPS) is 11.2. The summed E-state index contributed by atoms with van der Waals surface area (Å²) < 4.78 is 16.7. The first-order valence-electron chi connectivity index (χ1n) is 9.89. The Kier molecular flexibility index (Phi) is 6.89. The van der Waals surface area contributed by atoms with Crippen molar-refractivity contribution in [2.45, 2.75) is 6.61 Å². The third-order valence-electron chi connectivity index (χ3n) is 4.80. The van der Waals surface area contributed by atoms with Crippen LogP contribution in [0.4, 0.5) is 5.69 Å². The minimum atomic E-state index is -0.375. The van der Waals surface area contributed by atoms with Gasteiger partial charge in [-0.25, -0.2) is 0 Å². The molecule has 0 aliphatic heterocycles. The maximum atomic E-state index is 12.5. The van der Waals surface area contributed by atoms with Gasteiger partial charge in [0.25, 0.3) is 0 Å². The third-order valence-corrected chi connectivity index (χ3v) is 5.62. The number of ether oxygens (including phenoxy) is 1. The van der Waals surface area contributed by atoms with Crippen LogP contribution in [-0.2, 0) is 11.4 Å². The standard InChI is InChI=1S/C25H19Cl2NO5/c1-31-23-9-5-15(21-10-7-17(14-29)33-21)13-20(23)28-24(30)12-8-16-6-11-22(32-16)18-3-2-4-19(26)25(18)27/h2-13,29H,14H2,1H3,(H,28,30)/b12-8+. The molecule has 0 spiro atoms. The molecule has 2 N–H and O–H groups in total. The Morgan fingerprint density at radius 2 is 1.88 bits per heavy atom. The number of carbonyl (C=O) groups is 1. The van der Waals surface area contributed by atoms with E-state index in [0.717, 1.165) is 5.56 Å². The molecule has 4 aromatic rings. The third kappa shape index (κ3) is 5.14. The number of furan rings is 2. The number of rotatable bonds is 7. The average molecular weight is 484 g/mol. The zero-order valence-electron chi connectivity index (χ0n) is 17.5. The number of anilines is 1. The van der Waals surface area contributed by atoms with E-state index < -0.39 is 0 Å². The Labute approximate surface area is 200 Å². The van der Waals surface area contributed by atoms with Gasteiger partial charge in [-0.15, -0.1) is 0 Å². The lowest BCUT2D eigenvalue weighted by Crippen LogP contribution is -2.09. The first-order valence-corrected chi connectivity index (χ1v) is 10.7. The molecule has 0 saturated carbocycles. The predicted molar refractivity (Wildman–Crippen MR) is 128 cm³/mol. The van der Waals surface area contributed by atoms with Crippen molar-refractivity contribution >= 4 is 40.9 Å². The van der Waals surface area contributed by atoms with Crippen LogP contribution in [0, 0.1) is 0 Å². The lowest BCUT2D eigenvalue weighted by molar-refractivity contribution is -0.111. The number of aliphatic hydroxyl groups is 1. The van der Waals surface area contributed by atoms with Crippen LogP contribution in [0.5, 0.6) is 5.75 Å². The van der Waals surface area contributed by atoms with Gasteiger partial charge in [0.05, 0.1) is 22.8 Å². The monoisotopic (exact) mass is 483 g/mol. The molecule has 6 nitrogen and oxygen atoms in total. The van der Waals surface area contributed by atoms with Crippen molar-refractivity contribution in [3.8, 4) is 28.4 Å². The van der Waals surface area contributed by atoms with Gasteiger partial charge in [0.1, 0.15) is 35.4 Å². The van der Waals surface area contributed by atoms with Gasteiger partial charge in [0.2, 0.25) is 5.91 Å². The Bertz CT molecular complexity index is 1320. The van der Waals surface area contributed by atoms with E-state index in [2.05, 4.69) is 5.32 Å². The van der Waals surface area contributed by atoms with E-state index in [-0.39, 0.29) is 12.5 Å². The van der Waals surface area contributed by atoms with Gasteiger partial charge in [-0.1, -0.05) is 29.3 Å². The number of halogens is 2. The van der Waals surface area contributed by atoms with Crippen molar-refractivity contribution in [1.82, 2.24) is 0 Å². The van der Waals surface area contributed by atoms with Crippen LogP contribution in [0.15, 0.2) is 75.6 Å². The van der Waals surface area contributed by atoms with Gasteiger partial charge in [-0.05, 0) is 60.7 Å². The molecule has 0 aliphatic carbocycles. The number of methoxy groups -OCH3 is 1. The molecule has 0 atom stereocenters. The fraction of sp³-hybridized carbons (Fsp3) is 0.0800. The Hall–Kier alpha value is -3.45. The fourth-order valence-electron chi connectivity index (χ4n) is 3.19. The maximum Gasteiger partial charge on any atom is 0.248 e. The van der Waals surface area contributed by atoms with Crippen molar-refractivity contribution in [1.29, 1.82) is 0 Å². The molecule has 0 unspecified atom stereocenters. The first-order chi connectivity index (χ1) is 16.0. The van der Waals surface area contributed by atoms with Gasteiger partial charge >= 0.3 is 0 Å². The Morgan fingerprint density at radius 1 is 1.06 bits per heavy atom. The van der Waals surface area contributed by atoms with Gasteiger partial charge in [0, 0.05) is 17.2 Å². The molecule has 2 heterocycles. The van der Waals surface area contributed by atoms with Crippen LogP contribution >= 0.6 is 23.2 Å². The van der Waals surface area contributed by atoms with Crippen LogP contribution in [0.25, 0.3) is 28.7 Å².